The topological polar surface area (TPSA) is 3.24 Å². The number of nitrogens with zero attached hydrogens (tertiary/aromatic N) is 1. The molecule has 0 amide bonds. The summed E-state index contributed by atoms with van der Waals surface area (Å²) in [5.74, 6) is 0. The minimum Gasteiger partial charge on any atom is -0.309 e. The average Bonchev–Trinajstić information content (AvgIpc) is 3.82. The Morgan fingerprint density at radius 1 is 0.297 bits per heavy atom. The lowest BCUT2D eigenvalue weighted by molar-refractivity contribution is 0.569. The minimum absolute atomic E-state index is 0.0189. The van der Waals surface area contributed by atoms with Crippen molar-refractivity contribution < 1.29 is 0 Å². The van der Waals surface area contributed by atoms with E-state index in [9.17, 15) is 0 Å². The largest absolute Gasteiger partial charge is 0.309 e. The van der Waals surface area contributed by atoms with Crippen molar-refractivity contribution in [1.82, 2.24) is 0 Å². The van der Waals surface area contributed by atoms with E-state index in [-0.39, 0.29) is 10.8 Å². The molecule has 0 aliphatic carbocycles. The van der Waals surface area contributed by atoms with Crippen LogP contribution >= 0.6 is 11.3 Å². The van der Waals surface area contributed by atoms with Crippen LogP contribution in [0.1, 0.15) is 52.7 Å². The SMILES string of the molecule is CC(C)(C)c1cc(-c2cccc3cccc(-c4ccccc4N(c4ccc(-c5ccc(-c6ccccc6)c(-c6ccccc6)c5)cc4)c4ccccc4-c4cccc5sc6ccccc6c45)c23)cc(C(C)(C)C)c1. The molecular weight excluding hydrogens is 911 g/mol. The van der Waals surface area contributed by atoms with Gasteiger partial charge in [0, 0.05) is 37.0 Å². The van der Waals surface area contributed by atoms with Crippen LogP contribution in [0.15, 0.2) is 249 Å². The molecule has 0 atom stereocenters. The van der Waals surface area contributed by atoms with E-state index < -0.39 is 0 Å². The molecule has 0 fully saturated rings. The predicted octanol–water partition coefficient (Wildman–Crippen LogP) is 21.3. The number of hydrogen-bond donors (Lipinski definition) is 0. The van der Waals surface area contributed by atoms with Gasteiger partial charge < -0.3 is 4.90 Å². The second kappa shape index (κ2) is 19.0. The van der Waals surface area contributed by atoms with E-state index >= 15 is 0 Å². The summed E-state index contributed by atoms with van der Waals surface area (Å²) in [7, 11) is 0. The molecule has 0 saturated carbocycles. The van der Waals surface area contributed by atoms with Gasteiger partial charge in [-0.05, 0) is 131 Å². The molecule has 2 heteroatoms. The van der Waals surface area contributed by atoms with Crippen molar-refractivity contribution in [3.63, 3.8) is 0 Å². The lowest BCUT2D eigenvalue weighted by Gasteiger charge is -2.30. The van der Waals surface area contributed by atoms with Crippen LogP contribution in [0.3, 0.4) is 0 Å². The predicted molar refractivity (Wildman–Crippen MR) is 322 cm³/mol. The first-order valence-electron chi connectivity index (χ1n) is 25.9. The van der Waals surface area contributed by atoms with E-state index in [1.54, 1.807) is 0 Å². The lowest BCUT2D eigenvalue weighted by Crippen LogP contribution is -2.16. The summed E-state index contributed by atoms with van der Waals surface area (Å²) >= 11 is 1.87. The summed E-state index contributed by atoms with van der Waals surface area (Å²) in [6.07, 6.45) is 0. The van der Waals surface area contributed by atoms with E-state index in [1.165, 1.54) is 97.7 Å². The Morgan fingerprint density at radius 2 is 0.784 bits per heavy atom. The molecule has 0 unspecified atom stereocenters. The highest BCUT2D eigenvalue weighted by Gasteiger charge is 2.26. The number of para-hydroxylation sites is 2. The molecule has 12 rings (SSSR count). The number of benzene rings is 11. The van der Waals surface area contributed by atoms with Crippen LogP contribution in [0.25, 0.3) is 97.7 Å². The Kier molecular flexibility index (Phi) is 12.0. The minimum atomic E-state index is -0.0189. The smallest absolute Gasteiger partial charge is 0.0540 e. The Morgan fingerprint density at radius 3 is 1.41 bits per heavy atom. The van der Waals surface area contributed by atoms with E-state index in [1.807, 2.05) is 11.3 Å². The maximum Gasteiger partial charge on any atom is 0.0540 e. The summed E-state index contributed by atoms with van der Waals surface area (Å²) in [6.45, 7) is 14.0. The molecule has 0 spiro atoms. The molecule has 0 radical (unpaired) electrons. The quantitative estimate of drug-likeness (QED) is 0.139. The van der Waals surface area contributed by atoms with Gasteiger partial charge >= 0.3 is 0 Å². The van der Waals surface area contributed by atoms with Crippen molar-refractivity contribution in [2.75, 3.05) is 4.90 Å². The summed E-state index contributed by atoms with van der Waals surface area (Å²) < 4.78 is 2.59. The fourth-order valence-electron chi connectivity index (χ4n) is 10.9. The maximum absolute atomic E-state index is 2.51. The van der Waals surface area contributed by atoms with Crippen molar-refractivity contribution >= 4 is 59.3 Å². The molecule has 0 aliphatic heterocycles. The average molecular weight is 970 g/mol. The normalized spacial score (nSPS) is 11.9. The van der Waals surface area contributed by atoms with Crippen LogP contribution in [-0.2, 0) is 10.8 Å². The second-order valence-corrected chi connectivity index (χ2v) is 22.8. The molecule has 74 heavy (non-hydrogen) atoms. The molecule has 0 aliphatic rings. The summed E-state index contributed by atoms with van der Waals surface area (Å²) in [6, 6.07) is 92.3. The maximum atomic E-state index is 2.51. The van der Waals surface area contributed by atoms with Crippen LogP contribution in [0.5, 0.6) is 0 Å². The van der Waals surface area contributed by atoms with Crippen molar-refractivity contribution in [3.05, 3.63) is 260 Å². The van der Waals surface area contributed by atoms with Crippen LogP contribution in [0.4, 0.5) is 17.1 Å². The fraction of sp³-hybridized carbons (Fsp3) is 0.111. The van der Waals surface area contributed by atoms with E-state index in [0.717, 1.165) is 28.2 Å². The monoisotopic (exact) mass is 969 g/mol. The number of rotatable bonds is 9. The molecule has 0 bridgehead atoms. The van der Waals surface area contributed by atoms with E-state index in [2.05, 4.69) is 295 Å². The van der Waals surface area contributed by atoms with Gasteiger partial charge in [-0.25, -0.2) is 0 Å². The zero-order chi connectivity index (χ0) is 50.6. The highest BCUT2D eigenvalue weighted by atomic mass is 32.1. The molecule has 1 aromatic heterocycles. The molecule has 11 aromatic carbocycles. The van der Waals surface area contributed by atoms with Gasteiger partial charge in [-0.15, -0.1) is 11.3 Å². The molecule has 1 heterocycles. The van der Waals surface area contributed by atoms with Crippen molar-refractivity contribution in [2.24, 2.45) is 0 Å². The standard InChI is InChI=1S/C72H59NS/c1-71(2,3)54-44-53(45-55(47-54)72(4,5)6)58-31-19-26-51-27-20-32-61(69(51)58)59-28-13-16-34-65(59)73(66-35-17-14-29-60(66)62-33-21-37-68-70(62)63-30-15-18-36-67(63)74-68)56-41-38-48(39-42-56)52-40-43-57(49-22-9-7-10-23-49)64(46-52)50-24-11-8-12-25-50/h7-47H,1-6H3. The van der Waals surface area contributed by atoms with Gasteiger partial charge in [0.1, 0.15) is 0 Å². The Balaban J connectivity index is 1.07. The summed E-state index contributed by atoms with van der Waals surface area (Å²) in [5, 5.41) is 5.05. The highest BCUT2D eigenvalue weighted by molar-refractivity contribution is 7.25. The molecule has 0 saturated heterocycles. The molecule has 358 valence electrons. The second-order valence-electron chi connectivity index (χ2n) is 21.7. The molecule has 12 aromatic rings. The summed E-state index contributed by atoms with van der Waals surface area (Å²) in [4.78, 5) is 2.51. The number of fused-ring (bicyclic) bond motifs is 4. The van der Waals surface area contributed by atoms with E-state index in [4.69, 9.17) is 0 Å². The van der Waals surface area contributed by atoms with Crippen LogP contribution < -0.4 is 4.90 Å². The number of thiophene rings is 1. The zero-order valence-electron chi connectivity index (χ0n) is 43.0. The Hall–Kier alpha value is -8.30. The number of hydrogen-bond acceptors (Lipinski definition) is 2. The van der Waals surface area contributed by atoms with E-state index in [0.29, 0.717) is 0 Å². The first-order chi connectivity index (χ1) is 36.0. The van der Waals surface area contributed by atoms with Crippen LogP contribution in [-0.4, -0.2) is 0 Å². The zero-order valence-corrected chi connectivity index (χ0v) is 43.8. The molecular formula is C72H59NS. The third-order valence-corrected chi connectivity index (χ3v) is 15.9. The Bertz CT molecular complexity index is 3980. The van der Waals surface area contributed by atoms with Gasteiger partial charge in [0.2, 0.25) is 0 Å². The van der Waals surface area contributed by atoms with Gasteiger partial charge in [-0.2, -0.15) is 0 Å². The van der Waals surface area contributed by atoms with Gasteiger partial charge in [-0.3, -0.25) is 0 Å². The molecule has 1 nitrogen and oxygen atoms in total. The van der Waals surface area contributed by atoms with Gasteiger partial charge in [0.05, 0.1) is 11.4 Å². The first kappa shape index (κ1) is 46.8. The van der Waals surface area contributed by atoms with Crippen molar-refractivity contribution in [1.29, 1.82) is 0 Å². The van der Waals surface area contributed by atoms with Crippen molar-refractivity contribution in [2.45, 2.75) is 52.4 Å². The van der Waals surface area contributed by atoms with Crippen LogP contribution in [0.2, 0.25) is 0 Å². The lowest BCUT2D eigenvalue weighted by atomic mass is 9.78. The van der Waals surface area contributed by atoms with Gasteiger partial charge in [0.25, 0.3) is 0 Å². The van der Waals surface area contributed by atoms with Gasteiger partial charge in [0.15, 0.2) is 0 Å². The van der Waals surface area contributed by atoms with Crippen LogP contribution in [0, 0.1) is 0 Å². The number of anilines is 3. The third kappa shape index (κ3) is 8.70. The Labute approximate surface area is 440 Å². The first-order valence-corrected chi connectivity index (χ1v) is 26.7. The van der Waals surface area contributed by atoms with Crippen molar-refractivity contribution in [3.8, 4) is 66.8 Å². The highest BCUT2D eigenvalue weighted by Crippen LogP contribution is 2.50. The molecule has 0 N–H and O–H groups in total. The van der Waals surface area contributed by atoms with Gasteiger partial charge in [-0.1, -0.05) is 248 Å². The fourth-order valence-corrected chi connectivity index (χ4v) is 12.0. The summed E-state index contributed by atoms with van der Waals surface area (Å²) in [5.41, 5.74) is 20.4. The third-order valence-electron chi connectivity index (χ3n) is 14.8.